The van der Waals surface area contributed by atoms with Crippen molar-refractivity contribution in [1.29, 1.82) is 0 Å². The normalized spacial score (nSPS) is 23.1. The number of hydrogen-bond acceptors (Lipinski definition) is 5. The Morgan fingerprint density at radius 2 is 1.94 bits per heavy atom. The molecule has 7 nitrogen and oxygen atoms in total. The predicted octanol–water partition coefficient (Wildman–Crippen LogP) is 4.84. The highest BCUT2D eigenvalue weighted by Crippen LogP contribution is 2.43. The number of nitrogens with zero attached hydrogens (tertiary/aromatic N) is 2. The number of carbonyl (C=O) groups excluding carboxylic acids is 2. The lowest BCUT2D eigenvalue weighted by Crippen LogP contribution is -2.43. The lowest BCUT2D eigenvalue weighted by atomic mass is 9.80. The summed E-state index contributed by atoms with van der Waals surface area (Å²) in [5.41, 5.74) is 1.81. The number of likely N-dealkylation sites (N-methyl/N-ethyl adjacent to an activating group) is 1. The molecule has 1 aromatic heterocycles. The average Bonchev–Trinajstić information content (AvgIpc) is 3.27. The van der Waals surface area contributed by atoms with Crippen molar-refractivity contribution in [2.75, 3.05) is 20.3 Å². The van der Waals surface area contributed by atoms with Crippen LogP contribution in [0.3, 0.4) is 0 Å². The molecule has 3 atom stereocenters. The zero-order valence-corrected chi connectivity index (χ0v) is 21.1. The van der Waals surface area contributed by atoms with Crippen molar-refractivity contribution >= 4 is 22.7 Å². The first-order valence-electron chi connectivity index (χ1n) is 12.9. The highest BCUT2D eigenvalue weighted by Gasteiger charge is 2.40. The molecule has 1 N–H and O–H groups in total. The number of aromatic nitrogens is 1. The molecule has 0 saturated heterocycles. The minimum absolute atomic E-state index is 0.0647. The van der Waals surface area contributed by atoms with Crippen LogP contribution in [0.4, 0.5) is 0 Å². The molecule has 0 spiro atoms. The van der Waals surface area contributed by atoms with Gasteiger partial charge < -0.3 is 19.5 Å². The summed E-state index contributed by atoms with van der Waals surface area (Å²) in [6.07, 6.45) is 9.99. The summed E-state index contributed by atoms with van der Waals surface area (Å²) in [4.78, 5) is 27.8. The second kappa shape index (κ2) is 11.4. The van der Waals surface area contributed by atoms with Crippen LogP contribution in [0, 0.1) is 5.92 Å². The van der Waals surface area contributed by atoms with Crippen LogP contribution in [-0.4, -0.2) is 59.0 Å². The third kappa shape index (κ3) is 5.31. The second-order valence-corrected chi connectivity index (χ2v) is 9.73. The maximum Gasteiger partial charge on any atom is 0.288 e. The van der Waals surface area contributed by atoms with Gasteiger partial charge in [-0.05, 0) is 50.3 Å². The molecule has 0 unspecified atom stereocenters. The van der Waals surface area contributed by atoms with Gasteiger partial charge in [-0.15, -0.1) is 0 Å². The summed E-state index contributed by atoms with van der Waals surface area (Å²) in [7, 11) is 1.87. The summed E-state index contributed by atoms with van der Waals surface area (Å²) in [6.45, 7) is 3.98. The van der Waals surface area contributed by atoms with Gasteiger partial charge in [-0.1, -0.05) is 37.5 Å². The molecular formula is C28H38N2O5. The van der Waals surface area contributed by atoms with Crippen molar-refractivity contribution in [1.82, 2.24) is 9.47 Å². The van der Waals surface area contributed by atoms with Crippen LogP contribution in [0.1, 0.15) is 75.1 Å². The molecule has 2 aromatic rings. The van der Waals surface area contributed by atoms with E-state index in [1.807, 2.05) is 55.4 Å². The Balaban J connectivity index is 1.78. The van der Waals surface area contributed by atoms with E-state index in [1.165, 1.54) is 6.42 Å². The first kappa shape index (κ1) is 25.5. The minimum atomic E-state index is -0.611. The molecule has 1 aromatic carbocycles. The van der Waals surface area contributed by atoms with Gasteiger partial charge in [0.1, 0.15) is 0 Å². The lowest BCUT2D eigenvalue weighted by molar-refractivity contribution is -0.170. The van der Waals surface area contributed by atoms with E-state index < -0.39 is 6.29 Å². The van der Waals surface area contributed by atoms with E-state index in [4.69, 9.17) is 9.47 Å². The predicted molar refractivity (Wildman–Crippen MR) is 135 cm³/mol. The summed E-state index contributed by atoms with van der Waals surface area (Å²) in [5.74, 6) is -0.185. The van der Waals surface area contributed by atoms with Crippen LogP contribution in [0.5, 0.6) is 0 Å². The fourth-order valence-corrected chi connectivity index (χ4v) is 5.65. The highest BCUT2D eigenvalue weighted by atomic mass is 16.7. The number of aliphatic hydroxyl groups excluding tert-OH is 1. The number of fused-ring (bicyclic) bond motifs is 1. The zero-order chi connectivity index (χ0) is 24.9. The smallest absolute Gasteiger partial charge is 0.288 e. The molecule has 4 rings (SSSR count). The largest absolute Gasteiger partial charge is 0.459 e. The van der Waals surface area contributed by atoms with Gasteiger partial charge in [0, 0.05) is 56.6 Å². The van der Waals surface area contributed by atoms with Gasteiger partial charge in [0.15, 0.2) is 5.76 Å². The zero-order valence-electron chi connectivity index (χ0n) is 21.1. The number of allylic oxidation sites excluding steroid dienone is 1. The number of para-hydroxylation sites is 1. The van der Waals surface area contributed by atoms with Gasteiger partial charge in [0.2, 0.25) is 12.2 Å². The molecule has 0 radical (unpaired) electrons. The summed E-state index contributed by atoms with van der Waals surface area (Å²) in [6, 6.07) is 8.06. The number of carbonyl (C=O) groups is 2. The van der Waals surface area contributed by atoms with E-state index in [9.17, 15) is 14.7 Å². The van der Waals surface area contributed by atoms with Gasteiger partial charge >= 0.3 is 0 Å². The Bertz CT molecular complexity index is 1070. The Hall–Kier alpha value is -2.64. The molecule has 1 fully saturated rings. The number of ether oxygens (including phenoxy) is 2. The van der Waals surface area contributed by atoms with Crippen molar-refractivity contribution in [3.63, 3.8) is 0 Å². The van der Waals surface area contributed by atoms with Crippen molar-refractivity contribution in [2.45, 2.75) is 77.0 Å². The van der Waals surface area contributed by atoms with E-state index in [0.29, 0.717) is 25.2 Å². The minimum Gasteiger partial charge on any atom is -0.459 e. The SMILES string of the molecule is CCO[C@H]1OC(C(=O)N(C)C2CCCCC2)=C[C@@H](c2cn(C(C)=O)c3ccccc23)[C@H]1CCCO. The van der Waals surface area contributed by atoms with Crippen molar-refractivity contribution in [2.24, 2.45) is 5.92 Å². The molecule has 190 valence electrons. The van der Waals surface area contributed by atoms with Crippen molar-refractivity contribution in [3.8, 4) is 0 Å². The number of rotatable bonds is 8. The molecule has 1 aliphatic heterocycles. The lowest BCUT2D eigenvalue weighted by Gasteiger charge is -2.39. The number of aliphatic hydroxyl groups is 1. The van der Waals surface area contributed by atoms with Gasteiger partial charge in [0.25, 0.3) is 5.91 Å². The second-order valence-electron chi connectivity index (χ2n) is 9.73. The van der Waals surface area contributed by atoms with Crippen LogP contribution < -0.4 is 0 Å². The van der Waals surface area contributed by atoms with Crippen LogP contribution in [-0.2, 0) is 14.3 Å². The quantitative estimate of drug-likeness (QED) is 0.582. The van der Waals surface area contributed by atoms with Crippen LogP contribution in [0.2, 0.25) is 0 Å². The van der Waals surface area contributed by atoms with Crippen molar-refractivity contribution in [3.05, 3.63) is 47.9 Å². The molecule has 1 amide bonds. The molecular weight excluding hydrogens is 444 g/mol. The Labute approximate surface area is 207 Å². The third-order valence-corrected chi connectivity index (χ3v) is 7.51. The van der Waals surface area contributed by atoms with E-state index in [0.717, 1.165) is 42.1 Å². The average molecular weight is 483 g/mol. The van der Waals surface area contributed by atoms with Crippen molar-refractivity contribution < 1.29 is 24.2 Å². The molecule has 7 heteroatoms. The number of amides is 1. The summed E-state index contributed by atoms with van der Waals surface area (Å²) in [5, 5.41) is 10.5. The fraction of sp³-hybridized carbons (Fsp3) is 0.571. The number of benzene rings is 1. The highest BCUT2D eigenvalue weighted by molar-refractivity contribution is 5.95. The summed E-state index contributed by atoms with van der Waals surface area (Å²) < 4.78 is 13.9. The third-order valence-electron chi connectivity index (χ3n) is 7.51. The topological polar surface area (TPSA) is 81.0 Å². The monoisotopic (exact) mass is 482 g/mol. The summed E-state index contributed by atoms with van der Waals surface area (Å²) >= 11 is 0. The molecule has 2 aliphatic rings. The first-order chi connectivity index (χ1) is 17.0. The van der Waals surface area contributed by atoms with Gasteiger partial charge in [-0.25, -0.2) is 0 Å². The van der Waals surface area contributed by atoms with Gasteiger partial charge in [-0.3, -0.25) is 14.2 Å². The number of hydrogen-bond donors (Lipinski definition) is 1. The van der Waals surface area contributed by atoms with Crippen LogP contribution >= 0.6 is 0 Å². The maximum absolute atomic E-state index is 13.6. The van der Waals surface area contributed by atoms with Crippen LogP contribution in [0.25, 0.3) is 10.9 Å². The van der Waals surface area contributed by atoms with Crippen LogP contribution in [0.15, 0.2) is 42.3 Å². The molecule has 1 aliphatic carbocycles. The fourth-order valence-electron chi connectivity index (χ4n) is 5.65. The Morgan fingerprint density at radius 1 is 1.20 bits per heavy atom. The Kier molecular flexibility index (Phi) is 8.29. The molecule has 1 saturated carbocycles. The van der Waals surface area contributed by atoms with Gasteiger partial charge in [0.05, 0.1) is 5.52 Å². The molecule has 0 bridgehead atoms. The Morgan fingerprint density at radius 3 is 2.63 bits per heavy atom. The molecule has 35 heavy (non-hydrogen) atoms. The van der Waals surface area contributed by atoms with E-state index in [-0.39, 0.29) is 36.3 Å². The van der Waals surface area contributed by atoms with E-state index >= 15 is 0 Å². The maximum atomic E-state index is 13.6. The molecule has 2 heterocycles. The standard InChI is InChI=1S/C28H38N2O5/c1-4-34-28-22(14-10-16-31)23(24-18-30(19(2)32)25-15-9-8-13-21(24)25)17-26(35-28)27(33)29(3)20-11-6-5-7-12-20/h8-9,13,15,17-18,20,22-23,28,31H,4-7,10-12,14,16H2,1-3H3/t22-,23-,28+/m1/s1. The van der Waals surface area contributed by atoms with Gasteiger partial charge in [-0.2, -0.15) is 0 Å². The van der Waals surface area contributed by atoms with E-state index in [2.05, 4.69) is 0 Å². The van der Waals surface area contributed by atoms with E-state index in [1.54, 1.807) is 11.5 Å². The first-order valence-corrected chi connectivity index (χ1v) is 12.9.